The molecule has 1 aromatic rings. The van der Waals surface area contributed by atoms with Crippen LogP contribution in [0, 0.1) is 10.1 Å². The van der Waals surface area contributed by atoms with Crippen molar-refractivity contribution in [2.24, 2.45) is 0 Å². The van der Waals surface area contributed by atoms with Crippen LogP contribution in [0.5, 0.6) is 0 Å². The van der Waals surface area contributed by atoms with Crippen LogP contribution in [-0.2, 0) is 11.3 Å². The summed E-state index contributed by atoms with van der Waals surface area (Å²) in [7, 11) is 3.30. The number of carbonyl (C=O) groups excluding carboxylic acids is 1. The average Bonchev–Trinajstić information content (AvgIpc) is 2.29. The molecule has 0 spiro atoms. The van der Waals surface area contributed by atoms with Crippen molar-refractivity contribution in [3.63, 3.8) is 0 Å². The number of halogens is 1. The molecule has 1 N–H and O–H groups in total. The molecule has 0 radical (unpaired) electrons. The number of hydrogen-bond donors (Lipinski definition) is 1. The van der Waals surface area contributed by atoms with Crippen molar-refractivity contribution in [1.29, 1.82) is 0 Å². The van der Waals surface area contributed by atoms with E-state index in [2.05, 4.69) is 5.32 Å². The van der Waals surface area contributed by atoms with E-state index in [1.165, 1.54) is 11.0 Å². The summed E-state index contributed by atoms with van der Waals surface area (Å²) in [5.74, 6) is -0.106. The molecule has 0 aliphatic rings. The van der Waals surface area contributed by atoms with Crippen LogP contribution in [0.1, 0.15) is 5.56 Å². The van der Waals surface area contributed by atoms with Crippen molar-refractivity contribution >= 4 is 24.0 Å². The molecule has 1 rings (SSSR count). The number of hydrogen-bond acceptors (Lipinski definition) is 4. The SMILES string of the molecule is CNCC(=O)N(C)Cc1ccccc1[N+](=O)[O-].Cl. The number of amides is 1. The first-order valence-corrected chi connectivity index (χ1v) is 5.17. The standard InChI is InChI=1S/C11H15N3O3.ClH/c1-12-7-11(15)13(2)8-9-5-3-4-6-10(9)14(16)17;/h3-6,12H,7-8H2,1-2H3;1H. The molecule has 6 nitrogen and oxygen atoms in total. The van der Waals surface area contributed by atoms with Gasteiger partial charge in [0.25, 0.3) is 5.69 Å². The zero-order chi connectivity index (χ0) is 12.8. The van der Waals surface area contributed by atoms with Gasteiger partial charge in [0.15, 0.2) is 0 Å². The molecule has 0 bridgehead atoms. The van der Waals surface area contributed by atoms with Crippen molar-refractivity contribution in [3.05, 3.63) is 39.9 Å². The zero-order valence-corrected chi connectivity index (χ0v) is 11.1. The Morgan fingerprint density at radius 1 is 1.44 bits per heavy atom. The van der Waals surface area contributed by atoms with Gasteiger partial charge in [0.2, 0.25) is 5.91 Å². The number of rotatable bonds is 5. The van der Waals surface area contributed by atoms with E-state index in [4.69, 9.17) is 0 Å². The minimum Gasteiger partial charge on any atom is -0.340 e. The van der Waals surface area contributed by atoms with Crippen LogP contribution >= 0.6 is 12.4 Å². The summed E-state index contributed by atoms with van der Waals surface area (Å²) >= 11 is 0. The van der Waals surface area contributed by atoms with Crippen molar-refractivity contribution in [2.45, 2.75) is 6.54 Å². The second-order valence-corrected chi connectivity index (χ2v) is 3.67. The first-order chi connectivity index (χ1) is 8.06. The first-order valence-electron chi connectivity index (χ1n) is 5.17. The third-order valence-electron chi connectivity index (χ3n) is 2.35. The second kappa shape index (κ2) is 7.62. The van der Waals surface area contributed by atoms with Crippen molar-refractivity contribution in [2.75, 3.05) is 20.6 Å². The third-order valence-corrected chi connectivity index (χ3v) is 2.35. The van der Waals surface area contributed by atoms with Gasteiger partial charge in [-0.25, -0.2) is 0 Å². The summed E-state index contributed by atoms with van der Waals surface area (Å²) in [5, 5.41) is 13.5. The summed E-state index contributed by atoms with van der Waals surface area (Å²) in [6.07, 6.45) is 0. The fourth-order valence-corrected chi connectivity index (χ4v) is 1.45. The molecule has 0 aliphatic heterocycles. The van der Waals surface area contributed by atoms with Gasteiger partial charge in [-0.15, -0.1) is 12.4 Å². The molecule has 1 amide bonds. The largest absolute Gasteiger partial charge is 0.340 e. The Hall–Kier alpha value is -1.66. The lowest BCUT2D eigenvalue weighted by Crippen LogP contribution is -2.33. The highest BCUT2D eigenvalue weighted by atomic mass is 35.5. The smallest absolute Gasteiger partial charge is 0.274 e. The van der Waals surface area contributed by atoms with Crippen LogP contribution in [0.4, 0.5) is 5.69 Å². The number of benzene rings is 1. The molecular weight excluding hydrogens is 258 g/mol. The fraction of sp³-hybridized carbons (Fsp3) is 0.364. The highest BCUT2D eigenvalue weighted by Gasteiger charge is 2.16. The van der Waals surface area contributed by atoms with Gasteiger partial charge in [0, 0.05) is 18.7 Å². The zero-order valence-electron chi connectivity index (χ0n) is 10.3. The number of nitrogens with zero attached hydrogens (tertiary/aromatic N) is 2. The van der Waals surface area contributed by atoms with Gasteiger partial charge in [-0.3, -0.25) is 14.9 Å². The highest BCUT2D eigenvalue weighted by molar-refractivity contribution is 5.85. The Morgan fingerprint density at radius 3 is 2.61 bits per heavy atom. The lowest BCUT2D eigenvalue weighted by molar-refractivity contribution is -0.385. The molecule has 0 aromatic heterocycles. The van der Waals surface area contributed by atoms with Gasteiger partial charge in [-0.05, 0) is 7.05 Å². The number of nitrogens with one attached hydrogen (secondary N) is 1. The van der Waals surface area contributed by atoms with Gasteiger partial charge in [-0.2, -0.15) is 0 Å². The van der Waals surface area contributed by atoms with E-state index in [1.54, 1.807) is 32.3 Å². The van der Waals surface area contributed by atoms with Crippen molar-refractivity contribution < 1.29 is 9.72 Å². The third kappa shape index (κ3) is 4.31. The van der Waals surface area contributed by atoms with Gasteiger partial charge in [0.1, 0.15) is 0 Å². The molecule has 18 heavy (non-hydrogen) atoms. The highest BCUT2D eigenvalue weighted by Crippen LogP contribution is 2.18. The van der Waals surface area contributed by atoms with Gasteiger partial charge in [0.05, 0.1) is 18.0 Å². The van der Waals surface area contributed by atoms with E-state index in [0.717, 1.165) is 0 Å². The maximum atomic E-state index is 11.5. The van der Waals surface area contributed by atoms with E-state index in [-0.39, 0.29) is 37.1 Å². The molecule has 0 fully saturated rings. The molecule has 0 atom stereocenters. The normalized spacial score (nSPS) is 9.44. The fourth-order valence-electron chi connectivity index (χ4n) is 1.45. The van der Waals surface area contributed by atoms with Crippen LogP contribution in [0.25, 0.3) is 0 Å². The Bertz CT molecular complexity index is 426. The van der Waals surface area contributed by atoms with Crippen molar-refractivity contribution in [1.82, 2.24) is 10.2 Å². The van der Waals surface area contributed by atoms with E-state index in [0.29, 0.717) is 5.56 Å². The van der Waals surface area contributed by atoms with Crippen LogP contribution in [0.3, 0.4) is 0 Å². The lowest BCUT2D eigenvalue weighted by atomic mass is 10.1. The molecule has 0 unspecified atom stereocenters. The summed E-state index contributed by atoms with van der Waals surface area (Å²) in [6, 6.07) is 6.42. The molecule has 0 aliphatic carbocycles. The molecule has 7 heteroatoms. The summed E-state index contributed by atoms with van der Waals surface area (Å²) < 4.78 is 0. The minimum atomic E-state index is -0.439. The quantitative estimate of drug-likeness (QED) is 0.646. The van der Waals surface area contributed by atoms with Gasteiger partial charge >= 0.3 is 0 Å². The molecule has 0 heterocycles. The Kier molecular flexibility index (Phi) is 6.92. The van der Waals surface area contributed by atoms with Gasteiger partial charge in [-0.1, -0.05) is 18.2 Å². The number of likely N-dealkylation sites (N-methyl/N-ethyl adjacent to an activating group) is 2. The predicted octanol–water partition coefficient (Wildman–Crippen LogP) is 1.19. The van der Waals surface area contributed by atoms with Crippen LogP contribution in [-0.4, -0.2) is 36.4 Å². The lowest BCUT2D eigenvalue weighted by Gasteiger charge is -2.16. The Balaban J connectivity index is 0.00000289. The monoisotopic (exact) mass is 273 g/mol. The number of nitro benzene ring substituents is 1. The minimum absolute atomic E-state index is 0. The maximum absolute atomic E-state index is 11.5. The molecule has 100 valence electrons. The molecule has 0 saturated carbocycles. The summed E-state index contributed by atoms with van der Waals surface area (Å²) in [6.45, 7) is 0.453. The second-order valence-electron chi connectivity index (χ2n) is 3.67. The van der Waals surface area contributed by atoms with E-state index >= 15 is 0 Å². The first kappa shape index (κ1) is 16.3. The van der Waals surface area contributed by atoms with Crippen LogP contribution < -0.4 is 5.32 Å². The average molecular weight is 274 g/mol. The predicted molar refractivity (Wildman–Crippen MR) is 70.7 cm³/mol. The Morgan fingerprint density at radius 2 is 2.06 bits per heavy atom. The van der Waals surface area contributed by atoms with Crippen LogP contribution in [0.2, 0.25) is 0 Å². The molecule has 0 saturated heterocycles. The topological polar surface area (TPSA) is 75.5 Å². The molecule has 1 aromatic carbocycles. The molecular formula is C11H16ClN3O3. The Labute approximate surface area is 112 Å². The van der Waals surface area contributed by atoms with Crippen molar-refractivity contribution in [3.8, 4) is 0 Å². The summed E-state index contributed by atoms with van der Waals surface area (Å²) in [4.78, 5) is 23.3. The maximum Gasteiger partial charge on any atom is 0.274 e. The summed E-state index contributed by atoms with van der Waals surface area (Å²) in [5.41, 5.74) is 0.570. The number of nitro groups is 1. The number of carbonyl (C=O) groups is 1. The number of para-hydroxylation sites is 1. The van der Waals surface area contributed by atoms with E-state index in [9.17, 15) is 14.9 Å². The van der Waals surface area contributed by atoms with Gasteiger partial charge < -0.3 is 10.2 Å². The van der Waals surface area contributed by atoms with Crippen LogP contribution in [0.15, 0.2) is 24.3 Å². The van der Waals surface area contributed by atoms with E-state index in [1.807, 2.05) is 0 Å². The van der Waals surface area contributed by atoms with E-state index < -0.39 is 4.92 Å².